The monoisotopic (exact) mass is 490 g/mol. The summed E-state index contributed by atoms with van der Waals surface area (Å²) in [4.78, 5) is 52.0. The maximum atomic E-state index is 14.0. The van der Waals surface area contributed by atoms with E-state index in [0.717, 1.165) is 23.6 Å². The van der Waals surface area contributed by atoms with Crippen LogP contribution in [0.2, 0.25) is 0 Å². The molecule has 0 bridgehead atoms. The first-order valence-electron chi connectivity index (χ1n) is 12.9. The molecule has 8 heteroatoms. The van der Waals surface area contributed by atoms with Gasteiger partial charge in [0.1, 0.15) is 0 Å². The highest BCUT2D eigenvalue weighted by molar-refractivity contribution is 6.28. The molecule has 0 aromatic heterocycles. The number of rotatable bonds is 6. The lowest BCUT2D eigenvalue weighted by Gasteiger charge is -2.34. The smallest absolute Gasteiger partial charge is 0.226 e. The fourth-order valence-corrected chi connectivity index (χ4v) is 6.51. The predicted molar refractivity (Wildman–Crippen MR) is 134 cm³/mol. The van der Waals surface area contributed by atoms with E-state index in [2.05, 4.69) is 0 Å². The van der Waals surface area contributed by atoms with Crippen LogP contribution in [0.25, 0.3) is 10.8 Å². The highest BCUT2D eigenvalue weighted by Gasteiger charge is 2.51. The van der Waals surface area contributed by atoms with Crippen LogP contribution in [0.3, 0.4) is 0 Å². The molecule has 0 spiro atoms. The van der Waals surface area contributed by atoms with E-state index in [-0.39, 0.29) is 45.0 Å². The Hall–Kier alpha value is -3.42. The summed E-state index contributed by atoms with van der Waals surface area (Å²) in [5.74, 6) is -0.794. The standard InChI is InChI=1S/C28H30N2O6/c31-25-21-15-19-9-3-4-10-20(19)16-22(21)26(32)24(18-28(30(35)36)13-7-2-8-14-28)23(25)17-27(29(33)34)11-5-1-6-12-27/h3-4,9-10,15-16H,1-2,5-8,11-14,17-18H2. The molecule has 2 aromatic carbocycles. The molecule has 3 aliphatic carbocycles. The van der Waals surface area contributed by atoms with E-state index in [1.807, 2.05) is 24.3 Å². The molecular weight excluding hydrogens is 460 g/mol. The van der Waals surface area contributed by atoms with Gasteiger partial charge in [-0.3, -0.25) is 29.8 Å². The molecule has 0 saturated heterocycles. The van der Waals surface area contributed by atoms with Crippen LogP contribution in [0, 0.1) is 20.2 Å². The Bertz CT molecular complexity index is 1200. The Morgan fingerprint density at radius 3 is 1.33 bits per heavy atom. The molecule has 0 unspecified atom stereocenters. The van der Waals surface area contributed by atoms with Crippen LogP contribution < -0.4 is 0 Å². The third kappa shape index (κ3) is 4.02. The second-order valence-corrected chi connectivity index (χ2v) is 10.8. The fraction of sp³-hybridized carbons (Fsp3) is 0.500. The van der Waals surface area contributed by atoms with E-state index in [1.165, 1.54) is 0 Å². The zero-order valence-electron chi connectivity index (χ0n) is 20.3. The lowest BCUT2D eigenvalue weighted by atomic mass is 9.69. The Morgan fingerprint density at radius 1 is 0.639 bits per heavy atom. The number of hydrogen-bond acceptors (Lipinski definition) is 6. The molecule has 2 saturated carbocycles. The summed E-state index contributed by atoms with van der Waals surface area (Å²) >= 11 is 0. The number of Topliss-reactive ketones (excluding diaryl/α,β-unsaturated/α-hetero) is 2. The maximum Gasteiger partial charge on any atom is 0.226 e. The van der Waals surface area contributed by atoms with Crippen molar-refractivity contribution in [2.75, 3.05) is 0 Å². The van der Waals surface area contributed by atoms with Crippen molar-refractivity contribution in [3.63, 3.8) is 0 Å². The normalized spacial score (nSPS) is 21.3. The van der Waals surface area contributed by atoms with Gasteiger partial charge in [0, 0.05) is 70.6 Å². The Kier molecular flexibility index (Phi) is 6.22. The van der Waals surface area contributed by atoms with Crippen molar-refractivity contribution in [2.45, 2.75) is 88.1 Å². The molecule has 188 valence electrons. The van der Waals surface area contributed by atoms with E-state index in [1.54, 1.807) is 12.1 Å². The average molecular weight is 491 g/mol. The summed E-state index contributed by atoms with van der Waals surface area (Å²) in [5.41, 5.74) is -1.92. The molecule has 0 N–H and O–H groups in total. The Labute approximate surface area is 209 Å². The van der Waals surface area contributed by atoms with E-state index in [4.69, 9.17) is 0 Å². The third-order valence-electron chi connectivity index (χ3n) is 8.64. The molecular formula is C28H30N2O6. The zero-order chi connectivity index (χ0) is 25.5. The summed E-state index contributed by atoms with van der Waals surface area (Å²) in [5, 5.41) is 26.2. The molecule has 0 amide bonds. The van der Waals surface area contributed by atoms with Crippen LogP contribution in [0.1, 0.15) is 97.8 Å². The minimum Gasteiger partial charge on any atom is -0.289 e. The van der Waals surface area contributed by atoms with Gasteiger partial charge in [-0.15, -0.1) is 0 Å². The maximum absolute atomic E-state index is 14.0. The van der Waals surface area contributed by atoms with Gasteiger partial charge < -0.3 is 0 Å². The van der Waals surface area contributed by atoms with Gasteiger partial charge in [0.05, 0.1) is 0 Å². The first-order chi connectivity index (χ1) is 17.3. The molecule has 5 rings (SSSR count). The number of carbonyl (C=O) groups excluding carboxylic acids is 2. The second kappa shape index (κ2) is 9.22. The van der Waals surface area contributed by atoms with Crippen LogP contribution in [0.5, 0.6) is 0 Å². The average Bonchev–Trinajstić information content (AvgIpc) is 2.89. The van der Waals surface area contributed by atoms with Gasteiger partial charge in [0.2, 0.25) is 11.1 Å². The van der Waals surface area contributed by atoms with Crippen LogP contribution in [0.15, 0.2) is 47.5 Å². The molecule has 8 nitrogen and oxygen atoms in total. The van der Waals surface area contributed by atoms with Crippen molar-refractivity contribution >= 4 is 22.3 Å². The molecule has 0 atom stereocenters. The number of nitrogens with zero attached hydrogens (tertiary/aromatic N) is 2. The van der Waals surface area contributed by atoms with E-state index >= 15 is 0 Å². The number of nitro groups is 2. The van der Waals surface area contributed by atoms with Gasteiger partial charge in [-0.05, 0) is 48.6 Å². The summed E-state index contributed by atoms with van der Waals surface area (Å²) < 4.78 is 0. The SMILES string of the molecule is O=C1C(CC2([N+](=O)[O-])CCCCC2)=C(CC2([N+](=O)[O-])CCCCC2)C(=O)c2cc3ccccc3cc21. The molecule has 2 fully saturated rings. The van der Waals surface area contributed by atoms with Gasteiger partial charge in [0.25, 0.3) is 0 Å². The van der Waals surface area contributed by atoms with Crippen molar-refractivity contribution in [1.82, 2.24) is 0 Å². The first kappa shape index (κ1) is 24.3. The zero-order valence-corrected chi connectivity index (χ0v) is 20.3. The molecule has 0 aliphatic heterocycles. The predicted octanol–water partition coefficient (Wildman–Crippen LogP) is 6.25. The summed E-state index contributed by atoms with van der Waals surface area (Å²) in [7, 11) is 0. The van der Waals surface area contributed by atoms with E-state index < -0.39 is 22.6 Å². The van der Waals surface area contributed by atoms with Crippen molar-refractivity contribution in [3.05, 3.63) is 78.9 Å². The number of carbonyl (C=O) groups is 2. The Morgan fingerprint density at radius 2 is 1.00 bits per heavy atom. The minimum absolute atomic E-state index is 0.119. The van der Waals surface area contributed by atoms with E-state index in [0.29, 0.717) is 51.4 Å². The van der Waals surface area contributed by atoms with Crippen LogP contribution in [-0.4, -0.2) is 32.5 Å². The molecule has 3 aliphatic rings. The summed E-state index contributed by atoms with van der Waals surface area (Å²) in [6, 6.07) is 10.8. The number of benzene rings is 2. The van der Waals surface area contributed by atoms with Gasteiger partial charge >= 0.3 is 0 Å². The van der Waals surface area contributed by atoms with Gasteiger partial charge in [-0.25, -0.2) is 0 Å². The highest BCUT2D eigenvalue weighted by atomic mass is 16.6. The van der Waals surface area contributed by atoms with Crippen molar-refractivity contribution in [1.29, 1.82) is 0 Å². The highest BCUT2D eigenvalue weighted by Crippen LogP contribution is 2.44. The lowest BCUT2D eigenvalue weighted by Crippen LogP contribution is -2.44. The molecule has 0 heterocycles. The summed E-state index contributed by atoms with van der Waals surface area (Å²) in [6.07, 6.45) is 5.58. The molecule has 36 heavy (non-hydrogen) atoms. The molecule has 2 aromatic rings. The Balaban J connectivity index is 1.67. The number of ketones is 2. The fourth-order valence-electron chi connectivity index (χ4n) is 6.51. The number of fused-ring (bicyclic) bond motifs is 2. The van der Waals surface area contributed by atoms with Gasteiger partial charge in [-0.2, -0.15) is 0 Å². The largest absolute Gasteiger partial charge is 0.289 e. The van der Waals surface area contributed by atoms with Gasteiger partial charge in [-0.1, -0.05) is 37.1 Å². The van der Waals surface area contributed by atoms with Gasteiger partial charge in [0.15, 0.2) is 11.6 Å². The topological polar surface area (TPSA) is 120 Å². The van der Waals surface area contributed by atoms with Crippen molar-refractivity contribution in [2.24, 2.45) is 0 Å². The quantitative estimate of drug-likeness (QED) is 0.348. The summed E-state index contributed by atoms with van der Waals surface area (Å²) in [6.45, 7) is 0. The van der Waals surface area contributed by atoms with Crippen LogP contribution in [0.4, 0.5) is 0 Å². The first-order valence-corrected chi connectivity index (χ1v) is 12.9. The minimum atomic E-state index is -1.32. The van der Waals surface area contributed by atoms with Crippen molar-refractivity contribution < 1.29 is 19.4 Å². The second-order valence-electron chi connectivity index (χ2n) is 10.8. The van der Waals surface area contributed by atoms with Crippen LogP contribution >= 0.6 is 0 Å². The molecule has 0 radical (unpaired) electrons. The lowest BCUT2D eigenvalue weighted by molar-refractivity contribution is -0.575. The van der Waals surface area contributed by atoms with E-state index in [9.17, 15) is 29.8 Å². The number of hydrogen-bond donors (Lipinski definition) is 0. The van der Waals surface area contributed by atoms with Crippen LogP contribution in [-0.2, 0) is 0 Å². The van der Waals surface area contributed by atoms with Crippen molar-refractivity contribution in [3.8, 4) is 0 Å². The third-order valence-corrected chi connectivity index (χ3v) is 8.64.